The summed E-state index contributed by atoms with van der Waals surface area (Å²) in [5, 5.41) is 8.64. The van der Waals surface area contributed by atoms with Gasteiger partial charge in [0.1, 0.15) is 0 Å². The number of hydrogen-bond donors (Lipinski definition) is 0. The predicted molar refractivity (Wildman–Crippen MR) is 84.9 cm³/mol. The SMILES string of the molecule is CCOc1nc2ccccc2n2c(-c3ccccc3)nnc12. The summed E-state index contributed by atoms with van der Waals surface area (Å²) in [7, 11) is 0. The molecule has 108 valence electrons. The fourth-order valence-corrected chi connectivity index (χ4v) is 2.57. The zero-order valence-corrected chi connectivity index (χ0v) is 12.1. The van der Waals surface area contributed by atoms with Crippen molar-refractivity contribution >= 4 is 16.7 Å². The number of aromatic nitrogens is 4. The molecule has 0 bridgehead atoms. The molecule has 5 nitrogen and oxygen atoms in total. The molecule has 0 aliphatic rings. The van der Waals surface area contributed by atoms with Crippen LogP contribution in [0.4, 0.5) is 0 Å². The van der Waals surface area contributed by atoms with Gasteiger partial charge in [0.25, 0.3) is 5.88 Å². The first-order valence-electron chi connectivity index (χ1n) is 7.20. The molecule has 0 saturated heterocycles. The predicted octanol–water partition coefficient (Wildman–Crippen LogP) is 3.34. The molecule has 4 rings (SSSR count). The first-order chi connectivity index (χ1) is 10.9. The van der Waals surface area contributed by atoms with Crippen LogP contribution in [-0.2, 0) is 0 Å². The average molecular weight is 290 g/mol. The van der Waals surface area contributed by atoms with Gasteiger partial charge < -0.3 is 4.74 Å². The molecule has 5 heteroatoms. The van der Waals surface area contributed by atoms with Gasteiger partial charge in [0.05, 0.1) is 17.6 Å². The highest BCUT2D eigenvalue weighted by molar-refractivity contribution is 5.82. The molecule has 0 unspecified atom stereocenters. The number of ether oxygens (including phenoxy) is 1. The molecule has 4 aromatic rings. The van der Waals surface area contributed by atoms with Crippen molar-refractivity contribution in [3.63, 3.8) is 0 Å². The topological polar surface area (TPSA) is 52.3 Å². The van der Waals surface area contributed by atoms with Crippen molar-refractivity contribution in [1.29, 1.82) is 0 Å². The Morgan fingerprint density at radius 3 is 2.55 bits per heavy atom. The van der Waals surface area contributed by atoms with Crippen molar-refractivity contribution < 1.29 is 4.74 Å². The fourth-order valence-electron chi connectivity index (χ4n) is 2.57. The molecule has 22 heavy (non-hydrogen) atoms. The zero-order valence-electron chi connectivity index (χ0n) is 12.1. The fraction of sp³-hybridized carbons (Fsp3) is 0.118. The van der Waals surface area contributed by atoms with Crippen LogP contribution in [0.3, 0.4) is 0 Å². The number of hydrogen-bond acceptors (Lipinski definition) is 4. The van der Waals surface area contributed by atoms with Gasteiger partial charge in [-0.15, -0.1) is 10.2 Å². The molecule has 0 saturated carbocycles. The van der Waals surface area contributed by atoms with Gasteiger partial charge in [0, 0.05) is 5.56 Å². The van der Waals surface area contributed by atoms with Gasteiger partial charge in [0.2, 0.25) is 5.65 Å². The Morgan fingerprint density at radius 2 is 1.73 bits per heavy atom. The second-order valence-corrected chi connectivity index (χ2v) is 4.89. The van der Waals surface area contributed by atoms with Crippen LogP contribution in [0.2, 0.25) is 0 Å². The van der Waals surface area contributed by atoms with Crippen molar-refractivity contribution in [3.05, 3.63) is 54.6 Å². The van der Waals surface area contributed by atoms with E-state index < -0.39 is 0 Å². The molecule has 0 N–H and O–H groups in total. The number of benzene rings is 2. The third-order valence-corrected chi connectivity index (χ3v) is 3.51. The Bertz CT molecular complexity index is 947. The van der Waals surface area contributed by atoms with Crippen LogP contribution in [0.1, 0.15) is 6.92 Å². The quantitative estimate of drug-likeness (QED) is 0.580. The van der Waals surface area contributed by atoms with Gasteiger partial charge in [-0.25, -0.2) is 4.98 Å². The van der Waals surface area contributed by atoms with E-state index in [0.29, 0.717) is 18.1 Å². The van der Waals surface area contributed by atoms with Crippen molar-refractivity contribution in [2.24, 2.45) is 0 Å². The summed E-state index contributed by atoms with van der Waals surface area (Å²) in [4.78, 5) is 4.55. The lowest BCUT2D eigenvalue weighted by Crippen LogP contribution is -2.01. The Balaban J connectivity index is 2.12. The van der Waals surface area contributed by atoms with Crippen LogP contribution in [-0.4, -0.2) is 26.2 Å². The molecule has 2 aromatic heterocycles. The summed E-state index contributed by atoms with van der Waals surface area (Å²) >= 11 is 0. The van der Waals surface area contributed by atoms with Crippen LogP contribution >= 0.6 is 0 Å². The minimum Gasteiger partial charge on any atom is -0.475 e. The molecule has 2 heterocycles. The van der Waals surface area contributed by atoms with E-state index in [-0.39, 0.29) is 0 Å². The van der Waals surface area contributed by atoms with Crippen LogP contribution in [0.5, 0.6) is 5.88 Å². The summed E-state index contributed by atoms with van der Waals surface area (Å²) in [5.74, 6) is 1.30. The largest absolute Gasteiger partial charge is 0.475 e. The standard InChI is InChI=1S/C17H14N4O/c1-2-22-17-16-20-19-15(12-8-4-3-5-9-12)21(16)14-11-7-6-10-13(14)18-17/h3-11H,2H2,1H3. The van der Waals surface area contributed by atoms with Crippen molar-refractivity contribution in [2.45, 2.75) is 6.92 Å². The maximum absolute atomic E-state index is 5.64. The molecule has 0 aliphatic heterocycles. The maximum Gasteiger partial charge on any atom is 0.260 e. The normalized spacial score (nSPS) is 11.1. The van der Waals surface area contributed by atoms with Crippen LogP contribution in [0, 0.1) is 0 Å². The van der Waals surface area contributed by atoms with E-state index in [1.807, 2.05) is 65.9 Å². The van der Waals surface area contributed by atoms with Crippen LogP contribution in [0.25, 0.3) is 28.1 Å². The van der Waals surface area contributed by atoms with E-state index in [9.17, 15) is 0 Å². The number of para-hydroxylation sites is 2. The molecule has 2 aromatic carbocycles. The first-order valence-corrected chi connectivity index (χ1v) is 7.20. The van der Waals surface area contributed by atoms with Gasteiger partial charge in [-0.1, -0.05) is 42.5 Å². The number of rotatable bonds is 3. The molecular weight excluding hydrogens is 276 g/mol. The Hall–Kier alpha value is -2.95. The highest BCUT2D eigenvalue weighted by Gasteiger charge is 2.16. The van der Waals surface area contributed by atoms with Gasteiger partial charge in [-0.3, -0.25) is 4.40 Å². The average Bonchev–Trinajstić information content (AvgIpc) is 3.02. The van der Waals surface area contributed by atoms with E-state index in [2.05, 4.69) is 15.2 Å². The van der Waals surface area contributed by atoms with Gasteiger partial charge in [-0.05, 0) is 19.1 Å². The lowest BCUT2D eigenvalue weighted by Gasteiger charge is -2.08. The summed E-state index contributed by atoms with van der Waals surface area (Å²) in [6.07, 6.45) is 0. The third kappa shape index (κ3) is 1.90. The summed E-state index contributed by atoms with van der Waals surface area (Å²) in [6.45, 7) is 2.47. The van der Waals surface area contributed by atoms with E-state index in [0.717, 1.165) is 22.4 Å². The Labute approximate surface area is 127 Å². The van der Waals surface area contributed by atoms with Gasteiger partial charge in [-0.2, -0.15) is 0 Å². The third-order valence-electron chi connectivity index (χ3n) is 3.51. The lowest BCUT2D eigenvalue weighted by atomic mass is 10.2. The van der Waals surface area contributed by atoms with Crippen molar-refractivity contribution in [2.75, 3.05) is 6.61 Å². The first kappa shape index (κ1) is 12.8. The molecule has 0 fully saturated rings. The molecule has 0 aliphatic carbocycles. The van der Waals surface area contributed by atoms with E-state index in [1.165, 1.54) is 0 Å². The smallest absolute Gasteiger partial charge is 0.260 e. The molecule has 0 spiro atoms. The number of fused-ring (bicyclic) bond motifs is 3. The Kier molecular flexibility index (Phi) is 2.96. The Morgan fingerprint density at radius 1 is 0.955 bits per heavy atom. The molecule has 0 radical (unpaired) electrons. The summed E-state index contributed by atoms with van der Waals surface area (Å²) < 4.78 is 7.64. The molecule has 0 atom stereocenters. The summed E-state index contributed by atoms with van der Waals surface area (Å²) in [6, 6.07) is 17.9. The van der Waals surface area contributed by atoms with Crippen LogP contribution < -0.4 is 4.74 Å². The van der Waals surface area contributed by atoms with Crippen LogP contribution in [0.15, 0.2) is 54.6 Å². The number of nitrogens with zero attached hydrogens (tertiary/aromatic N) is 4. The highest BCUT2D eigenvalue weighted by Crippen LogP contribution is 2.27. The lowest BCUT2D eigenvalue weighted by molar-refractivity contribution is 0.330. The van der Waals surface area contributed by atoms with E-state index >= 15 is 0 Å². The summed E-state index contributed by atoms with van der Waals surface area (Å²) in [5.41, 5.74) is 3.47. The minimum atomic E-state index is 0.510. The molecule has 0 amide bonds. The second kappa shape index (κ2) is 5.11. The highest BCUT2D eigenvalue weighted by atomic mass is 16.5. The zero-order chi connectivity index (χ0) is 14.9. The van der Waals surface area contributed by atoms with Crippen molar-refractivity contribution in [1.82, 2.24) is 19.6 Å². The van der Waals surface area contributed by atoms with E-state index in [4.69, 9.17) is 4.74 Å². The van der Waals surface area contributed by atoms with Gasteiger partial charge >= 0.3 is 0 Å². The molecular formula is C17H14N4O. The minimum absolute atomic E-state index is 0.510. The van der Waals surface area contributed by atoms with Crippen molar-refractivity contribution in [3.8, 4) is 17.3 Å². The van der Waals surface area contributed by atoms with Gasteiger partial charge in [0.15, 0.2) is 5.82 Å². The van der Waals surface area contributed by atoms with E-state index in [1.54, 1.807) is 0 Å². The monoisotopic (exact) mass is 290 g/mol. The maximum atomic E-state index is 5.64. The second-order valence-electron chi connectivity index (χ2n) is 4.89.